The predicted molar refractivity (Wildman–Crippen MR) is 104 cm³/mol. The minimum absolute atomic E-state index is 0.0607. The molecule has 6 nitrogen and oxygen atoms in total. The standard InChI is InChI=1S/C24H17F7O6/c25-13-12(24(29,30)31)14(26)16(28)19(15(13)27)37-22(34)23-6-9-5-11(23)18(36-21(23)33)17(9)35-20(32)10-4-7-1-2-8(10)3-7/h1-2,7-11,17-18H,3-6H2. The number of carbonyl (C=O) groups excluding carboxylic acids is 3. The molecule has 4 fully saturated rings. The van der Waals surface area contributed by atoms with Gasteiger partial charge in [-0.3, -0.25) is 14.4 Å². The zero-order valence-corrected chi connectivity index (χ0v) is 18.6. The molecular formula is C24H17F7O6. The molecule has 8 unspecified atom stereocenters. The SMILES string of the molecule is O=C(OC1C2CC3C1OC(=O)C3(C(=O)Oc1c(F)c(F)c(C(F)(F)F)c(F)c1F)C2)C1CC2C=CC1C2. The molecule has 8 atom stereocenters. The number of ether oxygens (including phenoxy) is 3. The number of hydrogen-bond acceptors (Lipinski definition) is 6. The van der Waals surface area contributed by atoms with Crippen LogP contribution in [0.5, 0.6) is 5.75 Å². The summed E-state index contributed by atoms with van der Waals surface area (Å²) in [6, 6.07) is 0. The Morgan fingerprint density at radius 3 is 2.22 bits per heavy atom. The van der Waals surface area contributed by atoms with Crippen LogP contribution in [0.15, 0.2) is 12.2 Å². The molecular weight excluding hydrogens is 517 g/mol. The van der Waals surface area contributed by atoms with Crippen molar-refractivity contribution in [1.29, 1.82) is 0 Å². The van der Waals surface area contributed by atoms with Gasteiger partial charge in [-0.1, -0.05) is 12.2 Å². The Bertz CT molecular complexity index is 1250. The molecule has 0 N–H and O–H groups in total. The fourth-order valence-electron chi connectivity index (χ4n) is 6.84. The zero-order chi connectivity index (χ0) is 26.6. The Morgan fingerprint density at radius 2 is 1.65 bits per heavy atom. The van der Waals surface area contributed by atoms with Gasteiger partial charge in [0.2, 0.25) is 17.4 Å². The number of alkyl halides is 3. The third kappa shape index (κ3) is 3.21. The van der Waals surface area contributed by atoms with Crippen LogP contribution in [0.1, 0.15) is 31.2 Å². The second kappa shape index (κ2) is 7.70. The molecule has 3 saturated carbocycles. The van der Waals surface area contributed by atoms with Gasteiger partial charge in [-0.15, -0.1) is 0 Å². The first-order valence-corrected chi connectivity index (χ1v) is 11.6. The van der Waals surface area contributed by atoms with Gasteiger partial charge in [0.05, 0.1) is 5.92 Å². The quantitative estimate of drug-likeness (QED) is 0.144. The third-order valence-corrected chi connectivity index (χ3v) is 8.47. The van der Waals surface area contributed by atoms with Crippen LogP contribution in [0.3, 0.4) is 0 Å². The first-order valence-electron chi connectivity index (χ1n) is 11.6. The van der Waals surface area contributed by atoms with Gasteiger partial charge >= 0.3 is 24.1 Å². The first kappa shape index (κ1) is 24.2. The van der Waals surface area contributed by atoms with E-state index >= 15 is 0 Å². The number of allylic oxidation sites excluding steroid dienone is 2. The maximum atomic E-state index is 14.3. The molecule has 5 aliphatic rings. The normalized spacial score (nSPS) is 36.8. The maximum Gasteiger partial charge on any atom is 0.422 e. The van der Waals surface area contributed by atoms with Gasteiger partial charge in [0, 0.05) is 11.8 Å². The predicted octanol–water partition coefficient (Wildman–Crippen LogP) is 4.24. The van der Waals surface area contributed by atoms with E-state index in [1.165, 1.54) is 0 Å². The fraction of sp³-hybridized carbons (Fsp3) is 0.542. The molecule has 4 aliphatic carbocycles. The van der Waals surface area contributed by atoms with Crippen LogP contribution in [0.2, 0.25) is 0 Å². The molecule has 1 aromatic rings. The number of fused-ring (bicyclic) bond motifs is 3. The lowest BCUT2D eigenvalue weighted by molar-refractivity contribution is -0.166. The molecule has 13 heteroatoms. The lowest BCUT2D eigenvalue weighted by Crippen LogP contribution is -2.47. The summed E-state index contributed by atoms with van der Waals surface area (Å²) in [5, 5.41) is 0. The number of rotatable bonds is 4. The Hall–Kier alpha value is -3.12. The first-order chi connectivity index (χ1) is 17.3. The van der Waals surface area contributed by atoms with Crippen LogP contribution >= 0.6 is 0 Å². The summed E-state index contributed by atoms with van der Waals surface area (Å²) >= 11 is 0. The smallest absolute Gasteiger partial charge is 0.422 e. The number of esters is 3. The van der Waals surface area contributed by atoms with Gasteiger partial charge in [0.15, 0.2) is 17.0 Å². The minimum Gasteiger partial charge on any atom is -0.458 e. The number of benzene rings is 1. The summed E-state index contributed by atoms with van der Waals surface area (Å²) in [6.07, 6.45) is -2.33. The highest BCUT2D eigenvalue weighted by Crippen LogP contribution is 2.63. The van der Waals surface area contributed by atoms with Crippen molar-refractivity contribution in [2.75, 3.05) is 0 Å². The summed E-state index contributed by atoms with van der Waals surface area (Å²) in [6.45, 7) is 0. The Balaban J connectivity index is 1.23. The van der Waals surface area contributed by atoms with Gasteiger partial charge < -0.3 is 14.2 Å². The third-order valence-electron chi connectivity index (χ3n) is 8.47. The van der Waals surface area contributed by atoms with Crippen molar-refractivity contribution in [3.8, 4) is 5.75 Å². The molecule has 1 heterocycles. The topological polar surface area (TPSA) is 78.9 Å². The van der Waals surface area contributed by atoms with Crippen LogP contribution in [0.25, 0.3) is 0 Å². The number of hydrogen-bond donors (Lipinski definition) is 0. The Morgan fingerprint density at radius 1 is 0.973 bits per heavy atom. The van der Waals surface area contributed by atoms with E-state index in [0.717, 1.165) is 6.42 Å². The number of halogens is 7. The highest BCUT2D eigenvalue weighted by molar-refractivity contribution is 6.03. The maximum absolute atomic E-state index is 14.3. The molecule has 6 rings (SSSR count). The number of carbonyl (C=O) groups is 3. The lowest BCUT2D eigenvalue weighted by atomic mass is 9.73. The molecule has 1 saturated heterocycles. The molecule has 0 radical (unpaired) electrons. The molecule has 0 amide bonds. The zero-order valence-electron chi connectivity index (χ0n) is 18.6. The highest BCUT2D eigenvalue weighted by Gasteiger charge is 2.75. The van der Waals surface area contributed by atoms with E-state index in [4.69, 9.17) is 9.47 Å². The van der Waals surface area contributed by atoms with Crippen molar-refractivity contribution < 1.29 is 59.3 Å². The van der Waals surface area contributed by atoms with Gasteiger partial charge in [-0.25, -0.2) is 8.78 Å². The van der Waals surface area contributed by atoms with E-state index in [1.54, 1.807) is 0 Å². The average molecular weight is 534 g/mol. The monoisotopic (exact) mass is 534 g/mol. The van der Waals surface area contributed by atoms with Crippen LogP contribution in [0, 0.1) is 58.3 Å². The summed E-state index contributed by atoms with van der Waals surface area (Å²) in [4.78, 5) is 38.6. The summed E-state index contributed by atoms with van der Waals surface area (Å²) in [5.74, 6) is -17.4. The van der Waals surface area contributed by atoms with Crippen molar-refractivity contribution in [2.45, 2.75) is 44.1 Å². The summed E-state index contributed by atoms with van der Waals surface area (Å²) in [7, 11) is 0. The average Bonchev–Trinajstić information content (AvgIpc) is 3.62. The van der Waals surface area contributed by atoms with Crippen LogP contribution in [-0.2, 0) is 30.0 Å². The van der Waals surface area contributed by atoms with E-state index in [2.05, 4.69) is 4.74 Å². The van der Waals surface area contributed by atoms with Crippen molar-refractivity contribution in [3.63, 3.8) is 0 Å². The molecule has 37 heavy (non-hydrogen) atoms. The van der Waals surface area contributed by atoms with Gasteiger partial charge in [-0.05, 0) is 37.5 Å². The molecule has 4 bridgehead atoms. The fourth-order valence-corrected chi connectivity index (χ4v) is 6.84. The van der Waals surface area contributed by atoms with E-state index < -0.39 is 88.1 Å². The second-order valence-electron chi connectivity index (χ2n) is 10.3. The van der Waals surface area contributed by atoms with Crippen LogP contribution in [-0.4, -0.2) is 30.1 Å². The van der Waals surface area contributed by atoms with Gasteiger partial charge in [0.1, 0.15) is 17.8 Å². The van der Waals surface area contributed by atoms with Crippen molar-refractivity contribution in [2.24, 2.45) is 35.0 Å². The molecule has 1 aliphatic heterocycles. The van der Waals surface area contributed by atoms with E-state index in [1.807, 2.05) is 12.2 Å². The summed E-state index contributed by atoms with van der Waals surface area (Å²) in [5.41, 5.74) is -4.93. The Labute approximate surface area is 203 Å². The summed E-state index contributed by atoms with van der Waals surface area (Å²) < 4.78 is 110. The molecule has 0 spiro atoms. The van der Waals surface area contributed by atoms with Crippen molar-refractivity contribution >= 4 is 17.9 Å². The van der Waals surface area contributed by atoms with E-state index in [9.17, 15) is 45.1 Å². The largest absolute Gasteiger partial charge is 0.458 e. The second-order valence-corrected chi connectivity index (χ2v) is 10.3. The van der Waals surface area contributed by atoms with Crippen molar-refractivity contribution in [1.82, 2.24) is 0 Å². The highest BCUT2D eigenvalue weighted by atomic mass is 19.4. The Kier molecular flexibility index (Phi) is 5.04. The van der Waals surface area contributed by atoms with Gasteiger partial charge in [0.25, 0.3) is 0 Å². The molecule has 1 aromatic carbocycles. The molecule has 0 aromatic heterocycles. The van der Waals surface area contributed by atoms with E-state index in [0.29, 0.717) is 12.3 Å². The lowest BCUT2D eigenvalue weighted by Gasteiger charge is -2.31. The van der Waals surface area contributed by atoms with Gasteiger partial charge in [-0.2, -0.15) is 22.0 Å². The van der Waals surface area contributed by atoms with Crippen molar-refractivity contribution in [3.05, 3.63) is 41.0 Å². The minimum atomic E-state index is -5.77. The van der Waals surface area contributed by atoms with E-state index in [-0.39, 0.29) is 24.7 Å². The van der Waals surface area contributed by atoms with Crippen LogP contribution in [0.4, 0.5) is 30.7 Å². The molecule has 198 valence electrons. The van der Waals surface area contributed by atoms with Crippen LogP contribution < -0.4 is 4.74 Å².